The van der Waals surface area contributed by atoms with Crippen LogP contribution in [-0.2, 0) is 0 Å². The Morgan fingerprint density at radius 1 is 0.235 bits per heavy atom. The van der Waals surface area contributed by atoms with Gasteiger partial charge in [0.25, 0.3) is 0 Å². The molecule has 0 amide bonds. The van der Waals surface area contributed by atoms with Crippen molar-refractivity contribution in [3.63, 3.8) is 0 Å². The second-order valence-corrected chi connectivity index (χ2v) is 16.7. The number of rotatable bonds is 8. The smallest absolute Gasteiger partial charge is 0.238 e. The number of aromatic nitrogens is 8. The van der Waals surface area contributed by atoms with Gasteiger partial charge in [0.1, 0.15) is 0 Å². The van der Waals surface area contributed by atoms with Crippen LogP contribution in [0.4, 0.5) is 0 Å². The van der Waals surface area contributed by atoms with Crippen LogP contribution in [0.25, 0.3) is 123 Å². The molecule has 8 nitrogen and oxygen atoms in total. The van der Waals surface area contributed by atoms with E-state index in [1.165, 1.54) is 0 Å². The van der Waals surface area contributed by atoms with Gasteiger partial charge in [-0.05, 0) is 53.6 Å². The molecule has 0 radical (unpaired) electrons. The van der Waals surface area contributed by atoms with Gasteiger partial charge in [-0.25, -0.2) is 19.9 Å². The summed E-state index contributed by atoms with van der Waals surface area (Å²) >= 11 is 0. The normalized spacial score (nSPS) is 11.5. The second-order valence-electron chi connectivity index (χ2n) is 16.7. The van der Waals surface area contributed by atoms with E-state index in [1.54, 1.807) is 0 Å². The van der Waals surface area contributed by atoms with Gasteiger partial charge in [0.15, 0.2) is 29.1 Å². The lowest BCUT2D eigenvalue weighted by Crippen LogP contribution is -2.06. The minimum absolute atomic E-state index is 0.539. The van der Waals surface area contributed by atoms with Crippen LogP contribution in [0.1, 0.15) is 0 Å². The first kappa shape index (κ1) is 39.0. The van der Waals surface area contributed by atoms with E-state index in [4.69, 9.17) is 29.9 Å². The number of fused-ring (bicyclic) bond motifs is 6. The molecule has 0 atom stereocenters. The Hall–Kier alpha value is -9.40. The molecule has 0 bridgehead atoms. The van der Waals surface area contributed by atoms with Gasteiger partial charge in [0.2, 0.25) is 5.95 Å². The average Bonchev–Trinajstić information content (AvgIpc) is 3.92. The van der Waals surface area contributed by atoms with Crippen molar-refractivity contribution in [2.75, 3.05) is 0 Å². The lowest BCUT2D eigenvalue weighted by Gasteiger charge is -2.14. The highest BCUT2D eigenvalue weighted by Crippen LogP contribution is 2.41. The summed E-state index contributed by atoms with van der Waals surface area (Å²) in [6.45, 7) is 0. The first-order valence-corrected chi connectivity index (χ1v) is 22.6. The summed E-state index contributed by atoms with van der Waals surface area (Å²) in [5, 5.41) is 4.36. The molecular weight excluding hydrogens is 833 g/mol. The van der Waals surface area contributed by atoms with E-state index in [0.717, 1.165) is 88.2 Å². The lowest BCUT2D eigenvalue weighted by molar-refractivity contribution is 0.954. The molecule has 4 aromatic heterocycles. The highest BCUT2D eigenvalue weighted by molar-refractivity contribution is 6.19. The maximum atomic E-state index is 5.32. The molecule has 0 saturated heterocycles. The monoisotopic (exact) mass is 870 g/mol. The third-order valence-electron chi connectivity index (χ3n) is 12.6. The van der Waals surface area contributed by atoms with Crippen molar-refractivity contribution in [2.45, 2.75) is 0 Å². The van der Waals surface area contributed by atoms with Crippen LogP contribution < -0.4 is 0 Å². The molecule has 13 rings (SSSR count). The molecule has 0 aliphatic carbocycles. The van der Waals surface area contributed by atoms with Gasteiger partial charge in [0, 0.05) is 49.4 Å². The van der Waals surface area contributed by atoms with E-state index in [-0.39, 0.29) is 0 Å². The van der Waals surface area contributed by atoms with Gasteiger partial charge in [0.05, 0.1) is 27.8 Å². The van der Waals surface area contributed by atoms with Crippen molar-refractivity contribution in [1.82, 2.24) is 39.0 Å². The van der Waals surface area contributed by atoms with Crippen molar-refractivity contribution in [3.8, 4) is 79.7 Å². The van der Waals surface area contributed by atoms with Gasteiger partial charge in [-0.1, -0.05) is 188 Å². The first-order chi connectivity index (χ1) is 33.7. The quantitative estimate of drug-likeness (QED) is 0.151. The zero-order valence-corrected chi connectivity index (χ0v) is 36.5. The lowest BCUT2D eigenvalue weighted by atomic mass is 10.0. The molecule has 13 aromatic rings. The SMILES string of the molecule is c1ccc(-c2cccc(-c3nc(-c4ccccc4)nc(-n4c5ccccc5c5cc6c(cc54)c4ccccc4n6-c4ccccc4-c4nc(-c5ccccc5)nc(-c5ccccc5)n4)n3)c2)cc1. The molecule has 0 unspecified atom stereocenters. The second kappa shape index (κ2) is 16.2. The largest absolute Gasteiger partial charge is 0.308 e. The fourth-order valence-corrected chi connectivity index (χ4v) is 9.47. The standard InChI is InChI=1S/C60H38N8/c1-5-20-39(21-6-1)43-28-19-29-44(36-43)58-62-57(42-26-11-4-12-27-42)65-60(66-58)68-51-34-17-14-31-46(51)49-37-53-48(38-54(49)68)45-30-13-16-33-50(45)67(53)52-35-18-15-32-47(52)59-63-55(40-22-7-2-8-23-40)61-56(64-59)41-24-9-3-10-25-41/h1-38H. The molecular formula is C60H38N8. The van der Waals surface area contributed by atoms with Gasteiger partial charge in [-0.3, -0.25) is 4.57 Å². The van der Waals surface area contributed by atoms with E-state index in [9.17, 15) is 0 Å². The Kier molecular flexibility index (Phi) is 9.31. The summed E-state index contributed by atoms with van der Waals surface area (Å²) in [6.07, 6.45) is 0. The molecule has 0 aliphatic heterocycles. The van der Waals surface area contributed by atoms with Crippen LogP contribution in [-0.4, -0.2) is 39.0 Å². The third kappa shape index (κ3) is 6.70. The Labute approximate surface area is 391 Å². The van der Waals surface area contributed by atoms with Crippen LogP contribution in [0.2, 0.25) is 0 Å². The minimum Gasteiger partial charge on any atom is -0.308 e. The molecule has 0 N–H and O–H groups in total. The number of benzene rings is 9. The van der Waals surface area contributed by atoms with Crippen molar-refractivity contribution in [3.05, 3.63) is 231 Å². The Bertz CT molecular complexity index is 3960. The number of nitrogens with zero attached hydrogens (tertiary/aromatic N) is 8. The topological polar surface area (TPSA) is 87.2 Å². The van der Waals surface area contributed by atoms with Crippen LogP contribution in [0.5, 0.6) is 0 Å². The van der Waals surface area contributed by atoms with Gasteiger partial charge in [-0.15, -0.1) is 0 Å². The Balaban J connectivity index is 1.05. The summed E-state index contributed by atoms with van der Waals surface area (Å²) in [6, 6.07) is 79.3. The van der Waals surface area contributed by atoms with Gasteiger partial charge >= 0.3 is 0 Å². The molecule has 0 aliphatic rings. The fourth-order valence-electron chi connectivity index (χ4n) is 9.47. The average molecular weight is 871 g/mol. The van der Waals surface area contributed by atoms with Crippen LogP contribution in [0.15, 0.2) is 231 Å². The van der Waals surface area contributed by atoms with E-state index < -0.39 is 0 Å². The van der Waals surface area contributed by atoms with Gasteiger partial charge < -0.3 is 4.57 Å². The molecule has 0 fully saturated rings. The maximum Gasteiger partial charge on any atom is 0.238 e. The highest BCUT2D eigenvalue weighted by atomic mass is 15.2. The number of hydrogen-bond acceptors (Lipinski definition) is 6. The summed E-state index contributed by atoms with van der Waals surface area (Å²) in [5.41, 5.74) is 11.8. The summed E-state index contributed by atoms with van der Waals surface area (Å²) < 4.78 is 4.55. The minimum atomic E-state index is 0.539. The zero-order chi connectivity index (χ0) is 45.0. The van der Waals surface area contributed by atoms with Crippen molar-refractivity contribution >= 4 is 43.6 Å². The molecule has 9 aromatic carbocycles. The Morgan fingerprint density at radius 2 is 0.632 bits per heavy atom. The molecule has 318 valence electrons. The molecule has 4 heterocycles. The van der Waals surface area contributed by atoms with Crippen LogP contribution >= 0.6 is 0 Å². The third-order valence-corrected chi connectivity index (χ3v) is 12.6. The van der Waals surface area contributed by atoms with E-state index in [2.05, 4.69) is 143 Å². The van der Waals surface area contributed by atoms with Gasteiger partial charge in [-0.2, -0.15) is 9.97 Å². The Morgan fingerprint density at radius 3 is 1.21 bits per heavy atom. The maximum absolute atomic E-state index is 5.32. The fraction of sp³-hybridized carbons (Fsp3) is 0. The van der Waals surface area contributed by atoms with Crippen molar-refractivity contribution in [1.29, 1.82) is 0 Å². The van der Waals surface area contributed by atoms with Crippen molar-refractivity contribution < 1.29 is 0 Å². The van der Waals surface area contributed by atoms with Crippen LogP contribution in [0.3, 0.4) is 0 Å². The van der Waals surface area contributed by atoms with Crippen molar-refractivity contribution in [2.24, 2.45) is 0 Å². The van der Waals surface area contributed by atoms with Crippen LogP contribution in [0, 0.1) is 0 Å². The summed E-state index contributed by atoms with van der Waals surface area (Å²) in [4.78, 5) is 31.1. The molecule has 8 heteroatoms. The number of para-hydroxylation sites is 3. The predicted octanol–water partition coefficient (Wildman–Crippen LogP) is 14.3. The highest BCUT2D eigenvalue weighted by Gasteiger charge is 2.23. The van der Waals surface area contributed by atoms with E-state index in [1.807, 2.05) is 97.1 Å². The van der Waals surface area contributed by atoms with E-state index in [0.29, 0.717) is 35.1 Å². The summed E-state index contributed by atoms with van der Waals surface area (Å²) in [7, 11) is 0. The zero-order valence-electron chi connectivity index (χ0n) is 36.5. The number of hydrogen-bond donors (Lipinski definition) is 0. The van der Waals surface area contributed by atoms with E-state index >= 15 is 0 Å². The molecule has 68 heavy (non-hydrogen) atoms. The summed E-state index contributed by atoms with van der Waals surface area (Å²) in [5.74, 6) is 3.54. The predicted molar refractivity (Wildman–Crippen MR) is 275 cm³/mol. The molecule has 0 saturated carbocycles. The first-order valence-electron chi connectivity index (χ1n) is 22.6. The molecule has 0 spiro atoms.